The van der Waals surface area contributed by atoms with Gasteiger partial charge in [-0.05, 0) is 32.1 Å². The van der Waals surface area contributed by atoms with Gasteiger partial charge in [0.15, 0.2) is 5.96 Å². The maximum atomic E-state index is 6.02. The highest BCUT2D eigenvalue weighted by Gasteiger charge is 2.23. The first-order valence-electron chi connectivity index (χ1n) is 7.95. The molecule has 0 aromatic carbocycles. The van der Waals surface area contributed by atoms with E-state index in [2.05, 4.69) is 21.1 Å². The van der Waals surface area contributed by atoms with E-state index in [1.54, 1.807) is 7.05 Å². The van der Waals surface area contributed by atoms with Crippen LogP contribution in [0, 0.1) is 12.3 Å². The molecule has 0 spiro atoms. The molecule has 2 saturated heterocycles. The molecular formula is C16H27N3O2. The van der Waals surface area contributed by atoms with Gasteiger partial charge in [0.05, 0.1) is 25.4 Å². The number of piperidine rings is 1. The lowest BCUT2D eigenvalue weighted by molar-refractivity contribution is -0.0721. The molecule has 2 rings (SSSR count). The van der Waals surface area contributed by atoms with E-state index in [4.69, 9.17) is 15.9 Å². The van der Waals surface area contributed by atoms with E-state index in [0.717, 1.165) is 51.5 Å². The zero-order valence-corrected chi connectivity index (χ0v) is 13.0. The Morgan fingerprint density at radius 2 is 2.19 bits per heavy atom. The van der Waals surface area contributed by atoms with E-state index in [0.29, 0.717) is 18.8 Å². The lowest BCUT2D eigenvalue weighted by Crippen LogP contribution is -2.47. The fraction of sp³-hybridized carbons (Fsp3) is 0.812. The molecule has 118 valence electrons. The summed E-state index contributed by atoms with van der Waals surface area (Å²) >= 11 is 0. The summed E-state index contributed by atoms with van der Waals surface area (Å²) in [6, 6.07) is 0. The molecule has 2 aliphatic heterocycles. The maximum absolute atomic E-state index is 6.02. The molecule has 2 fully saturated rings. The second-order valence-corrected chi connectivity index (χ2v) is 5.61. The minimum atomic E-state index is 0.307. The largest absolute Gasteiger partial charge is 0.376 e. The Morgan fingerprint density at radius 1 is 1.38 bits per heavy atom. The van der Waals surface area contributed by atoms with Gasteiger partial charge >= 0.3 is 0 Å². The van der Waals surface area contributed by atoms with Crippen LogP contribution in [-0.4, -0.2) is 63.0 Å². The van der Waals surface area contributed by atoms with Gasteiger partial charge in [0.1, 0.15) is 0 Å². The summed E-state index contributed by atoms with van der Waals surface area (Å²) in [4.78, 5) is 6.51. The van der Waals surface area contributed by atoms with Crippen molar-refractivity contribution in [2.75, 3.05) is 39.9 Å². The van der Waals surface area contributed by atoms with Crippen molar-refractivity contribution in [2.24, 2.45) is 4.99 Å². The van der Waals surface area contributed by atoms with Gasteiger partial charge < -0.3 is 19.7 Å². The van der Waals surface area contributed by atoms with Crippen molar-refractivity contribution in [3.8, 4) is 12.3 Å². The zero-order chi connectivity index (χ0) is 14.9. The van der Waals surface area contributed by atoms with Gasteiger partial charge in [-0.25, -0.2) is 0 Å². The second-order valence-electron chi connectivity index (χ2n) is 5.61. The first-order chi connectivity index (χ1) is 10.3. The van der Waals surface area contributed by atoms with Crippen LogP contribution in [0.15, 0.2) is 4.99 Å². The number of hydrogen-bond donors (Lipinski definition) is 1. The third-order valence-electron chi connectivity index (χ3n) is 4.09. The molecule has 1 atom stereocenters. The van der Waals surface area contributed by atoms with Gasteiger partial charge in [-0.3, -0.25) is 4.99 Å². The molecule has 2 aliphatic rings. The van der Waals surface area contributed by atoms with Crippen molar-refractivity contribution < 1.29 is 9.47 Å². The fourth-order valence-corrected chi connectivity index (χ4v) is 2.88. The molecule has 0 radical (unpaired) electrons. The molecular weight excluding hydrogens is 266 g/mol. The molecule has 5 heteroatoms. The first-order valence-corrected chi connectivity index (χ1v) is 7.95. The maximum Gasteiger partial charge on any atom is 0.194 e. The third-order valence-corrected chi connectivity index (χ3v) is 4.09. The monoisotopic (exact) mass is 293 g/mol. The van der Waals surface area contributed by atoms with Crippen LogP contribution in [0.2, 0.25) is 0 Å². The number of guanidine groups is 1. The van der Waals surface area contributed by atoms with Crippen molar-refractivity contribution in [2.45, 2.75) is 44.3 Å². The van der Waals surface area contributed by atoms with E-state index >= 15 is 0 Å². The molecule has 0 aliphatic carbocycles. The SMILES string of the molecule is C#CCNC(=NC)N1CCC(OCC2CCCCO2)CC1. The summed E-state index contributed by atoms with van der Waals surface area (Å²) < 4.78 is 11.7. The summed E-state index contributed by atoms with van der Waals surface area (Å²) in [6.07, 6.45) is 11.6. The van der Waals surface area contributed by atoms with Crippen molar-refractivity contribution in [3.63, 3.8) is 0 Å². The highest BCUT2D eigenvalue weighted by Crippen LogP contribution is 2.17. The average Bonchev–Trinajstić information content (AvgIpc) is 2.56. The molecule has 0 saturated carbocycles. The summed E-state index contributed by atoms with van der Waals surface area (Å²) in [7, 11) is 1.79. The van der Waals surface area contributed by atoms with Crippen LogP contribution in [0.3, 0.4) is 0 Å². The summed E-state index contributed by atoms with van der Waals surface area (Å²) in [5.74, 6) is 3.47. The number of nitrogens with one attached hydrogen (secondary N) is 1. The standard InChI is InChI=1S/C16H27N3O2/c1-3-9-18-16(17-2)19-10-7-14(8-11-19)21-13-15-6-4-5-12-20-15/h1,14-15H,4-13H2,2H3,(H,17,18). The van der Waals surface area contributed by atoms with E-state index in [1.807, 2.05) is 0 Å². The van der Waals surface area contributed by atoms with E-state index in [1.165, 1.54) is 12.8 Å². The normalized spacial score (nSPS) is 24.7. The van der Waals surface area contributed by atoms with Gasteiger partial charge in [-0.2, -0.15) is 0 Å². The minimum absolute atomic E-state index is 0.307. The molecule has 21 heavy (non-hydrogen) atoms. The Bertz CT molecular complexity index is 364. The van der Waals surface area contributed by atoms with Crippen LogP contribution in [-0.2, 0) is 9.47 Å². The number of likely N-dealkylation sites (tertiary alicyclic amines) is 1. The van der Waals surface area contributed by atoms with Crippen molar-refractivity contribution in [3.05, 3.63) is 0 Å². The zero-order valence-electron chi connectivity index (χ0n) is 13.0. The minimum Gasteiger partial charge on any atom is -0.376 e. The Balaban J connectivity index is 1.66. The van der Waals surface area contributed by atoms with Crippen molar-refractivity contribution in [1.82, 2.24) is 10.2 Å². The summed E-state index contributed by atoms with van der Waals surface area (Å²) in [5, 5.41) is 3.17. The quantitative estimate of drug-likeness (QED) is 0.481. The predicted molar refractivity (Wildman–Crippen MR) is 84.3 cm³/mol. The van der Waals surface area contributed by atoms with Gasteiger partial charge in [0.2, 0.25) is 0 Å². The molecule has 1 unspecified atom stereocenters. The average molecular weight is 293 g/mol. The third kappa shape index (κ3) is 5.22. The van der Waals surface area contributed by atoms with Crippen LogP contribution < -0.4 is 5.32 Å². The second kappa shape index (κ2) is 8.91. The van der Waals surface area contributed by atoms with Crippen molar-refractivity contribution >= 4 is 5.96 Å². The van der Waals surface area contributed by atoms with Gasteiger partial charge in [-0.15, -0.1) is 6.42 Å². The van der Waals surface area contributed by atoms with E-state index in [9.17, 15) is 0 Å². The van der Waals surface area contributed by atoms with Crippen LogP contribution in [0.4, 0.5) is 0 Å². The highest BCUT2D eigenvalue weighted by molar-refractivity contribution is 5.80. The van der Waals surface area contributed by atoms with Crippen LogP contribution in [0.1, 0.15) is 32.1 Å². The smallest absolute Gasteiger partial charge is 0.194 e. The number of rotatable bonds is 4. The van der Waals surface area contributed by atoms with Crippen LogP contribution in [0.5, 0.6) is 0 Å². The van der Waals surface area contributed by atoms with Gasteiger partial charge in [-0.1, -0.05) is 5.92 Å². The lowest BCUT2D eigenvalue weighted by Gasteiger charge is -2.34. The van der Waals surface area contributed by atoms with Crippen LogP contribution in [0.25, 0.3) is 0 Å². The van der Waals surface area contributed by atoms with Gasteiger partial charge in [0, 0.05) is 26.7 Å². The molecule has 1 N–H and O–H groups in total. The molecule has 0 aromatic heterocycles. The Labute approximate surface area is 128 Å². The summed E-state index contributed by atoms with van der Waals surface area (Å²) in [5.41, 5.74) is 0. The van der Waals surface area contributed by atoms with Gasteiger partial charge in [0.25, 0.3) is 0 Å². The Kier molecular flexibility index (Phi) is 6.84. The Hall–Kier alpha value is -1.25. The topological polar surface area (TPSA) is 46.1 Å². The summed E-state index contributed by atoms with van der Waals surface area (Å²) in [6.45, 7) is 4.07. The van der Waals surface area contributed by atoms with E-state index < -0.39 is 0 Å². The molecule has 0 aromatic rings. The fourth-order valence-electron chi connectivity index (χ4n) is 2.88. The number of aliphatic imine (C=N–C) groups is 1. The predicted octanol–water partition coefficient (Wildman–Crippen LogP) is 1.25. The van der Waals surface area contributed by atoms with E-state index in [-0.39, 0.29) is 0 Å². The molecule has 0 bridgehead atoms. The van der Waals surface area contributed by atoms with Crippen molar-refractivity contribution in [1.29, 1.82) is 0 Å². The van der Waals surface area contributed by atoms with Crippen LogP contribution >= 0.6 is 0 Å². The molecule has 0 amide bonds. The lowest BCUT2D eigenvalue weighted by atomic mass is 10.1. The highest BCUT2D eigenvalue weighted by atomic mass is 16.5. The number of terminal acetylenes is 1. The number of nitrogens with zero attached hydrogens (tertiary/aromatic N) is 2. The molecule has 5 nitrogen and oxygen atoms in total. The number of hydrogen-bond acceptors (Lipinski definition) is 3. The first kappa shape index (κ1) is 16.1. The Morgan fingerprint density at radius 3 is 2.81 bits per heavy atom. The molecule has 2 heterocycles. The number of ether oxygens (including phenoxy) is 2.